The summed E-state index contributed by atoms with van der Waals surface area (Å²) in [6, 6.07) is 15.8. The van der Waals surface area contributed by atoms with Crippen molar-refractivity contribution in [2.75, 3.05) is 7.11 Å². The summed E-state index contributed by atoms with van der Waals surface area (Å²) in [5, 5.41) is 10.7. The van der Waals surface area contributed by atoms with Crippen molar-refractivity contribution >= 4 is 15.9 Å². The van der Waals surface area contributed by atoms with Crippen LogP contribution in [0.25, 0.3) is 0 Å². The number of hydrogen-bond donors (Lipinski definition) is 1. The lowest BCUT2D eigenvalue weighted by atomic mass is 9.87. The molecule has 2 nitrogen and oxygen atoms in total. The molecule has 2 unspecified atom stereocenters. The highest BCUT2D eigenvalue weighted by Crippen LogP contribution is 2.37. The van der Waals surface area contributed by atoms with Gasteiger partial charge >= 0.3 is 0 Å². The average molecular weight is 335 g/mol. The van der Waals surface area contributed by atoms with E-state index in [0.717, 1.165) is 27.8 Å². The van der Waals surface area contributed by atoms with Crippen LogP contribution in [0.5, 0.6) is 5.75 Å². The Balaban J connectivity index is 2.31. The van der Waals surface area contributed by atoms with Gasteiger partial charge in [0, 0.05) is 10.4 Å². The van der Waals surface area contributed by atoms with Crippen LogP contribution in [0.3, 0.4) is 0 Å². The van der Waals surface area contributed by atoms with Gasteiger partial charge in [0.2, 0.25) is 0 Å². The van der Waals surface area contributed by atoms with Crippen LogP contribution < -0.4 is 4.74 Å². The van der Waals surface area contributed by atoms with E-state index in [1.807, 2.05) is 36.4 Å². The van der Waals surface area contributed by atoms with E-state index < -0.39 is 6.10 Å². The van der Waals surface area contributed by atoms with Crippen LogP contribution in [-0.2, 0) is 0 Å². The maximum atomic E-state index is 10.7. The number of ether oxygens (including phenoxy) is 1. The Hall–Kier alpha value is -1.32. The lowest BCUT2D eigenvalue weighted by molar-refractivity contribution is 0.141. The standard InChI is InChI=1S/C17H19BrO2/c1-3-14(12-7-5-4-6-8-12)17(19)15-10-9-13(20-2)11-16(15)18/h4-11,14,17,19H,3H2,1-2H3. The highest BCUT2D eigenvalue weighted by molar-refractivity contribution is 9.10. The van der Waals surface area contributed by atoms with Crippen molar-refractivity contribution in [3.8, 4) is 5.75 Å². The maximum Gasteiger partial charge on any atom is 0.120 e. The van der Waals surface area contributed by atoms with Gasteiger partial charge in [0.05, 0.1) is 13.2 Å². The second kappa shape index (κ2) is 6.91. The topological polar surface area (TPSA) is 29.5 Å². The number of halogens is 1. The number of methoxy groups -OCH3 is 1. The molecule has 0 aromatic heterocycles. The van der Waals surface area contributed by atoms with Crippen LogP contribution in [0.1, 0.15) is 36.5 Å². The van der Waals surface area contributed by atoms with Gasteiger partial charge in [-0.05, 0) is 29.7 Å². The summed E-state index contributed by atoms with van der Waals surface area (Å²) in [6.45, 7) is 2.10. The van der Waals surface area contributed by atoms with Crippen LogP contribution in [0.4, 0.5) is 0 Å². The van der Waals surface area contributed by atoms with E-state index in [1.165, 1.54) is 0 Å². The molecule has 0 amide bonds. The van der Waals surface area contributed by atoms with Gasteiger partial charge < -0.3 is 9.84 Å². The van der Waals surface area contributed by atoms with Crippen molar-refractivity contribution in [1.29, 1.82) is 0 Å². The van der Waals surface area contributed by atoms with E-state index >= 15 is 0 Å². The predicted molar refractivity (Wildman–Crippen MR) is 85.1 cm³/mol. The summed E-state index contributed by atoms with van der Waals surface area (Å²) < 4.78 is 6.06. The second-order valence-electron chi connectivity index (χ2n) is 4.76. The molecule has 20 heavy (non-hydrogen) atoms. The Bertz CT molecular complexity index is 554. The highest BCUT2D eigenvalue weighted by atomic mass is 79.9. The molecular formula is C17H19BrO2. The van der Waals surface area contributed by atoms with E-state index in [9.17, 15) is 5.11 Å². The first-order chi connectivity index (χ1) is 9.67. The van der Waals surface area contributed by atoms with Gasteiger partial charge in [-0.25, -0.2) is 0 Å². The SMILES string of the molecule is CCC(c1ccccc1)C(O)c1ccc(OC)cc1Br. The molecule has 2 aromatic carbocycles. The van der Waals surface area contributed by atoms with E-state index in [0.29, 0.717) is 0 Å². The van der Waals surface area contributed by atoms with E-state index in [2.05, 4.69) is 35.0 Å². The van der Waals surface area contributed by atoms with Crippen LogP contribution in [0.2, 0.25) is 0 Å². The van der Waals surface area contributed by atoms with Crippen molar-refractivity contribution in [2.45, 2.75) is 25.4 Å². The Morgan fingerprint density at radius 1 is 1.15 bits per heavy atom. The predicted octanol–water partition coefficient (Wildman–Crippen LogP) is 4.68. The summed E-state index contributed by atoms with van der Waals surface area (Å²) in [6.07, 6.45) is 0.339. The number of aliphatic hydroxyl groups excluding tert-OH is 1. The summed E-state index contributed by atoms with van der Waals surface area (Å²) >= 11 is 3.52. The van der Waals surface area contributed by atoms with Gasteiger partial charge in [-0.15, -0.1) is 0 Å². The molecule has 2 aromatic rings. The number of aliphatic hydroxyl groups is 1. The molecule has 2 atom stereocenters. The third-order valence-corrected chi connectivity index (χ3v) is 4.26. The van der Waals surface area contributed by atoms with Gasteiger partial charge in [-0.2, -0.15) is 0 Å². The molecule has 0 aliphatic rings. The molecule has 0 fully saturated rings. The van der Waals surface area contributed by atoms with Gasteiger partial charge in [-0.3, -0.25) is 0 Å². The minimum Gasteiger partial charge on any atom is -0.497 e. The Kier molecular flexibility index (Phi) is 5.21. The minimum atomic E-state index is -0.539. The van der Waals surface area contributed by atoms with Gasteiger partial charge in [0.25, 0.3) is 0 Å². The number of rotatable bonds is 5. The average Bonchev–Trinajstić information content (AvgIpc) is 2.48. The molecule has 2 rings (SSSR count). The Morgan fingerprint density at radius 2 is 1.85 bits per heavy atom. The molecular weight excluding hydrogens is 316 g/mol. The summed E-state index contributed by atoms with van der Waals surface area (Å²) in [5.41, 5.74) is 2.05. The molecule has 0 spiro atoms. The molecule has 0 aliphatic carbocycles. The number of hydrogen-bond acceptors (Lipinski definition) is 2. The number of benzene rings is 2. The maximum absolute atomic E-state index is 10.7. The fourth-order valence-corrected chi connectivity index (χ4v) is 3.03. The summed E-state index contributed by atoms with van der Waals surface area (Å²) in [5.74, 6) is 0.862. The molecule has 106 valence electrons. The molecule has 0 saturated heterocycles. The highest BCUT2D eigenvalue weighted by Gasteiger charge is 2.23. The van der Waals surface area contributed by atoms with Crippen LogP contribution >= 0.6 is 15.9 Å². The summed E-state index contributed by atoms with van der Waals surface area (Å²) in [4.78, 5) is 0. The molecule has 3 heteroatoms. The third kappa shape index (κ3) is 3.22. The molecule has 1 N–H and O–H groups in total. The third-order valence-electron chi connectivity index (χ3n) is 3.57. The van der Waals surface area contributed by atoms with Crippen LogP contribution in [0, 0.1) is 0 Å². The lowest BCUT2D eigenvalue weighted by Crippen LogP contribution is -2.11. The zero-order valence-electron chi connectivity index (χ0n) is 11.7. The Labute approximate surface area is 128 Å². The van der Waals surface area contributed by atoms with Crippen molar-refractivity contribution < 1.29 is 9.84 Å². The van der Waals surface area contributed by atoms with Crippen LogP contribution in [-0.4, -0.2) is 12.2 Å². The molecule has 0 aliphatic heterocycles. The van der Waals surface area contributed by atoms with Gasteiger partial charge in [0.15, 0.2) is 0 Å². The smallest absolute Gasteiger partial charge is 0.120 e. The first kappa shape index (κ1) is 15.1. The fourth-order valence-electron chi connectivity index (χ4n) is 2.43. The van der Waals surface area contributed by atoms with Gasteiger partial charge in [0.1, 0.15) is 5.75 Å². The van der Waals surface area contributed by atoms with Crippen molar-refractivity contribution in [2.24, 2.45) is 0 Å². The van der Waals surface area contributed by atoms with Gasteiger partial charge in [-0.1, -0.05) is 59.3 Å². The summed E-state index contributed by atoms with van der Waals surface area (Å²) in [7, 11) is 1.64. The van der Waals surface area contributed by atoms with E-state index in [4.69, 9.17) is 4.74 Å². The molecule has 0 radical (unpaired) electrons. The first-order valence-electron chi connectivity index (χ1n) is 6.73. The van der Waals surface area contributed by atoms with Crippen molar-refractivity contribution in [1.82, 2.24) is 0 Å². The normalized spacial score (nSPS) is 13.8. The monoisotopic (exact) mass is 334 g/mol. The Morgan fingerprint density at radius 3 is 2.40 bits per heavy atom. The molecule has 0 bridgehead atoms. The fraction of sp³-hybridized carbons (Fsp3) is 0.294. The van der Waals surface area contributed by atoms with Crippen molar-refractivity contribution in [3.63, 3.8) is 0 Å². The zero-order chi connectivity index (χ0) is 14.5. The minimum absolute atomic E-state index is 0.0842. The first-order valence-corrected chi connectivity index (χ1v) is 7.53. The molecule has 0 saturated carbocycles. The zero-order valence-corrected chi connectivity index (χ0v) is 13.3. The second-order valence-corrected chi connectivity index (χ2v) is 5.61. The van der Waals surface area contributed by atoms with Crippen LogP contribution in [0.15, 0.2) is 53.0 Å². The van der Waals surface area contributed by atoms with E-state index in [-0.39, 0.29) is 5.92 Å². The largest absolute Gasteiger partial charge is 0.497 e. The van der Waals surface area contributed by atoms with Crippen molar-refractivity contribution in [3.05, 3.63) is 64.1 Å². The lowest BCUT2D eigenvalue weighted by Gasteiger charge is -2.23. The quantitative estimate of drug-likeness (QED) is 0.859. The van der Waals surface area contributed by atoms with E-state index in [1.54, 1.807) is 7.11 Å². The molecule has 0 heterocycles.